The van der Waals surface area contributed by atoms with Crippen LogP contribution >= 0.6 is 0 Å². The summed E-state index contributed by atoms with van der Waals surface area (Å²) in [6.07, 6.45) is -3.60. The standard InChI is InChI=1S/C7H8F3N3/c8-7(9,10)4-1-2-5-6(3-4)12-13-11-5/h4H,1-3H2,(H,11,12)/q+1. The summed E-state index contributed by atoms with van der Waals surface area (Å²) in [6.45, 7) is 0. The molecule has 0 saturated carbocycles. The van der Waals surface area contributed by atoms with E-state index in [1.807, 2.05) is 0 Å². The van der Waals surface area contributed by atoms with E-state index in [9.17, 15) is 13.2 Å². The summed E-state index contributed by atoms with van der Waals surface area (Å²) in [6, 6.07) is 0. The molecule has 1 atom stereocenters. The topological polar surface area (TPSA) is 38.5 Å². The third-order valence-corrected chi connectivity index (χ3v) is 2.35. The SMILES string of the molecule is FC(F)(F)C1CCC2=C(C1)N=[N+]N2. The fraction of sp³-hybridized carbons (Fsp3) is 0.714. The molecule has 0 fully saturated rings. The van der Waals surface area contributed by atoms with Crippen LogP contribution in [0.25, 0.3) is 0 Å². The van der Waals surface area contributed by atoms with E-state index in [0.717, 1.165) is 5.70 Å². The number of hydrogen-bond acceptors (Lipinski definition) is 3. The number of halogens is 3. The minimum atomic E-state index is -4.10. The van der Waals surface area contributed by atoms with Gasteiger partial charge < -0.3 is 0 Å². The van der Waals surface area contributed by atoms with Crippen molar-refractivity contribution in [2.75, 3.05) is 0 Å². The normalized spacial score (nSPS) is 27.5. The largest absolute Gasteiger partial charge is 0.392 e. The predicted molar refractivity (Wildman–Crippen MR) is 38.1 cm³/mol. The van der Waals surface area contributed by atoms with E-state index in [-0.39, 0.29) is 12.8 Å². The van der Waals surface area contributed by atoms with Gasteiger partial charge in [-0.3, -0.25) is 0 Å². The fourth-order valence-corrected chi connectivity index (χ4v) is 1.57. The molecule has 2 rings (SSSR count). The summed E-state index contributed by atoms with van der Waals surface area (Å²) in [5, 5.41) is 7.09. The zero-order valence-electron chi connectivity index (χ0n) is 6.73. The van der Waals surface area contributed by atoms with Crippen LogP contribution in [0.5, 0.6) is 0 Å². The third-order valence-electron chi connectivity index (χ3n) is 2.35. The molecule has 0 aromatic carbocycles. The van der Waals surface area contributed by atoms with Gasteiger partial charge in [0.1, 0.15) is 11.4 Å². The fourth-order valence-electron chi connectivity index (χ4n) is 1.57. The van der Waals surface area contributed by atoms with Crippen molar-refractivity contribution < 1.29 is 13.2 Å². The highest BCUT2D eigenvalue weighted by atomic mass is 19.4. The van der Waals surface area contributed by atoms with Crippen molar-refractivity contribution in [1.29, 1.82) is 0 Å². The van der Waals surface area contributed by atoms with E-state index in [1.54, 1.807) is 0 Å². The number of hydrogen-bond donors (Lipinski definition) is 1. The Labute approximate surface area is 72.7 Å². The van der Waals surface area contributed by atoms with E-state index >= 15 is 0 Å². The Balaban J connectivity index is 2.11. The molecule has 0 bridgehead atoms. The molecule has 3 nitrogen and oxygen atoms in total. The Morgan fingerprint density at radius 3 is 2.92 bits per heavy atom. The minimum Gasteiger partial charge on any atom is -0.171 e. The molecule has 6 heteroatoms. The Hall–Kier alpha value is -1.07. The maximum absolute atomic E-state index is 12.3. The van der Waals surface area contributed by atoms with Crippen LogP contribution in [0.1, 0.15) is 19.3 Å². The molecular formula is C7H8F3N3+. The first kappa shape index (κ1) is 8.52. The average molecular weight is 191 g/mol. The van der Waals surface area contributed by atoms with E-state index in [1.165, 1.54) is 0 Å². The summed E-state index contributed by atoms with van der Waals surface area (Å²) in [7, 11) is 0. The van der Waals surface area contributed by atoms with Gasteiger partial charge in [0, 0.05) is 6.42 Å². The van der Waals surface area contributed by atoms with Crippen molar-refractivity contribution in [2.24, 2.45) is 11.0 Å². The van der Waals surface area contributed by atoms with Crippen LogP contribution in [0, 0.1) is 5.92 Å². The smallest absolute Gasteiger partial charge is 0.171 e. The van der Waals surface area contributed by atoms with Gasteiger partial charge in [-0.05, 0) is 12.8 Å². The molecule has 71 valence electrons. The van der Waals surface area contributed by atoms with Gasteiger partial charge in [0.05, 0.1) is 11.0 Å². The average Bonchev–Trinajstić information content (AvgIpc) is 2.47. The molecule has 1 radical (unpaired) electrons. The first-order valence-electron chi connectivity index (χ1n) is 4.03. The van der Waals surface area contributed by atoms with Crippen LogP contribution in [0.3, 0.4) is 0 Å². The van der Waals surface area contributed by atoms with Crippen molar-refractivity contribution in [3.8, 4) is 0 Å². The Bertz CT molecular complexity index is 279. The molecule has 1 aliphatic carbocycles. The maximum Gasteiger partial charge on any atom is 0.392 e. The lowest BCUT2D eigenvalue weighted by Gasteiger charge is -2.22. The predicted octanol–water partition coefficient (Wildman–Crippen LogP) is 1.87. The van der Waals surface area contributed by atoms with Crippen molar-refractivity contribution >= 4 is 0 Å². The first-order valence-corrected chi connectivity index (χ1v) is 4.03. The second-order valence-electron chi connectivity index (χ2n) is 3.22. The zero-order valence-corrected chi connectivity index (χ0v) is 6.73. The van der Waals surface area contributed by atoms with Crippen molar-refractivity contribution in [1.82, 2.24) is 10.6 Å². The maximum atomic E-state index is 12.3. The third kappa shape index (κ3) is 1.52. The van der Waals surface area contributed by atoms with Gasteiger partial charge in [0.2, 0.25) is 0 Å². The van der Waals surface area contributed by atoms with Gasteiger partial charge >= 0.3 is 11.4 Å². The van der Waals surface area contributed by atoms with E-state index < -0.39 is 12.1 Å². The van der Waals surface area contributed by atoms with Crippen LogP contribution in [0.2, 0.25) is 0 Å². The van der Waals surface area contributed by atoms with Gasteiger partial charge in [-0.2, -0.15) is 13.2 Å². The Morgan fingerprint density at radius 1 is 1.46 bits per heavy atom. The number of nitrogens with zero attached hydrogens (tertiary/aromatic N) is 2. The number of nitrogens with one attached hydrogen (secondary N) is 1. The Kier molecular flexibility index (Phi) is 1.78. The molecule has 1 heterocycles. The molecule has 1 unspecified atom stereocenters. The van der Waals surface area contributed by atoms with Crippen LogP contribution in [0.15, 0.2) is 16.5 Å². The molecule has 0 aromatic heterocycles. The second-order valence-corrected chi connectivity index (χ2v) is 3.22. The lowest BCUT2D eigenvalue weighted by Crippen LogP contribution is -2.27. The van der Waals surface area contributed by atoms with Crippen LogP contribution in [-0.4, -0.2) is 6.18 Å². The van der Waals surface area contributed by atoms with Gasteiger partial charge in [-0.25, -0.2) is 0 Å². The Morgan fingerprint density at radius 2 is 2.23 bits per heavy atom. The highest BCUT2D eigenvalue weighted by Crippen LogP contribution is 2.40. The van der Waals surface area contributed by atoms with Crippen LogP contribution in [-0.2, 0) is 0 Å². The van der Waals surface area contributed by atoms with Gasteiger partial charge in [0.25, 0.3) is 0 Å². The molecule has 13 heavy (non-hydrogen) atoms. The van der Waals surface area contributed by atoms with E-state index in [0.29, 0.717) is 12.1 Å². The van der Waals surface area contributed by atoms with Crippen LogP contribution < -0.4 is 10.6 Å². The number of allylic oxidation sites excluding steroid dienone is 2. The molecule has 0 saturated heterocycles. The molecule has 0 spiro atoms. The second kappa shape index (κ2) is 2.71. The molecular weight excluding hydrogens is 183 g/mol. The van der Waals surface area contributed by atoms with Crippen molar-refractivity contribution in [3.05, 3.63) is 11.4 Å². The van der Waals surface area contributed by atoms with Crippen molar-refractivity contribution in [3.63, 3.8) is 0 Å². The molecule has 2 aliphatic rings. The first-order chi connectivity index (χ1) is 6.07. The zero-order chi connectivity index (χ0) is 9.47. The molecule has 1 N–H and O–H groups in total. The summed E-state index contributed by atoms with van der Waals surface area (Å²) in [4.78, 5) is 0. The summed E-state index contributed by atoms with van der Waals surface area (Å²) >= 11 is 0. The lowest BCUT2D eigenvalue weighted by molar-refractivity contribution is -0.177. The van der Waals surface area contributed by atoms with E-state index in [2.05, 4.69) is 15.8 Å². The number of rotatable bonds is 0. The molecule has 0 amide bonds. The van der Waals surface area contributed by atoms with Crippen LogP contribution in [0.4, 0.5) is 13.2 Å². The summed E-state index contributed by atoms with van der Waals surface area (Å²) in [5.41, 5.74) is 3.82. The van der Waals surface area contributed by atoms with Gasteiger partial charge in [-0.15, -0.1) is 0 Å². The summed E-state index contributed by atoms with van der Waals surface area (Å²) in [5.74, 6) is -1.25. The quantitative estimate of drug-likeness (QED) is 0.623. The highest BCUT2D eigenvalue weighted by Gasteiger charge is 2.44. The van der Waals surface area contributed by atoms with E-state index in [4.69, 9.17) is 0 Å². The number of alkyl halides is 3. The van der Waals surface area contributed by atoms with Gasteiger partial charge in [0.15, 0.2) is 0 Å². The summed E-state index contributed by atoms with van der Waals surface area (Å²) < 4.78 is 36.8. The van der Waals surface area contributed by atoms with Crippen molar-refractivity contribution in [2.45, 2.75) is 25.4 Å². The lowest BCUT2D eigenvalue weighted by atomic mass is 9.90. The van der Waals surface area contributed by atoms with Gasteiger partial charge in [-0.1, -0.05) is 5.43 Å². The molecule has 0 aromatic rings. The minimum absolute atomic E-state index is 0.0324. The monoisotopic (exact) mass is 191 g/mol. The molecule has 1 aliphatic heterocycles. The highest BCUT2D eigenvalue weighted by molar-refractivity contribution is 5.16.